The zero-order chi connectivity index (χ0) is 15.2. The van der Waals surface area contributed by atoms with Gasteiger partial charge in [0.15, 0.2) is 0 Å². The molecule has 0 bridgehead atoms. The number of carbonyl (C=O) groups is 2. The first kappa shape index (κ1) is 17.6. The summed E-state index contributed by atoms with van der Waals surface area (Å²) in [6.45, 7) is 7.64. The van der Waals surface area contributed by atoms with Crippen molar-refractivity contribution < 1.29 is 14.3 Å². The van der Waals surface area contributed by atoms with Crippen molar-refractivity contribution >= 4 is 30.0 Å². The molecule has 8 heteroatoms. The van der Waals surface area contributed by atoms with E-state index in [1.807, 2.05) is 20.8 Å². The summed E-state index contributed by atoms with van der Waals surface area (Å²) in [6, 6.07) is -1.82. The van der Waals surface area contributed by atoms with Crippen LogP contribution in [0.25, 0.3) is 0 Å². The van der Waals surface area contributed by atoms with Crippen LogP contribution in [0.15, 0.2) is 0 Å². The molecular formula is C11H22N4O3S. The molecule has 19 heavy (non-hydrogen) atoms. The number of carbonyl (C=O) groups excluding carboxylic acids is 2. The van der Waals surface area contributed by atoms with E-state index in [0.717, 1.165) is 0 Å². The molecular weight excluding hydrogens is 268 g/mol. The Morgan fingerprint density at radius 2 is 1.84 bits per heavy atom. The maximum Gasteiger partial charge on any atom is 0.343 e. The minimum Gasteiger partial charge on any atom is -0.465 e. The highest BCUT2D eigenvalue weighted by molar-refractivity contribution is 7.99. The maximum absolute atomic E-state index is 12.0. The van der Waals surface area contributed by atoms with Crippen molar-refractivity contribution in [2.24, 2.45) is 0 Å². The summed E-state index contributed by atoms with van der Waals surface area (Å²) < 4.78 is 7.26. The predicted molar refractivity (Wildman–Crippen MR) is 76.2 cm³/mol. The molecule has 4 amide bonds. The van der Waals surface area contributed by atoms with Crippen molar-refractivity contribution in [3.8, 4) is 0 Å². The van der Waals surface area contributed by atoms with Gasteiger partial charge in [0.25, 0.3) is 0 Å². The lowest BCUT2D eigenvalue weighted by atomic mass is 10.3. The second-order valence-electron chi connectivity index (χ2n) is 4.87. The first-order chi connectivity index (χ1) is 8.60. The standard InChI is InChI=1S/C11H22N4O3S/c1-7-18-8(12)15(10(17)14(5)6)9(16)13-19-11(2,3)4/h12H,7H2,1-6H3,(H,13,16). The van der Waals surface area contributed by atoms with E-state index in [4.69, 9.17) is 10.1 Å². The molecule has 0 aromatic carbocycles. The van der Waals surface area contributed by atoms with Gasteiger partial charge in [-0.1, -0.05) is 0 Å². The fourth-order valence-corrected chi connectivity index (χ4v) is 1.39. The SMILES string of the molecule is CCOC(=N)N(C(=O)NSC(C)(C)C)C(=O)N(C)C. The molecule has 110 valence electrons. The van der Waals surface area contributed by atoms with Gasteiger partial charge in [0.05, 0.1) is 6.61 Å². The summed E-state index contributed by atoms with van der Waals surface area (Å²) >= 11 is 1.17. The predicted octanol–water partition coefficient (Wildman–Crippen LogP) is 2.10. The Kier molecular flexibility index (Phi) is 6.68. The molecule has 0 saturated heterocycles. The molecule has 7 nitrogen and oxygen atoms in total. The van der Waals surface area contributed by atoms with E-state index in [2.05, 4.69) is 4.72 Å². The van der Waals surface area contributed by atoms with Crippen LogP contribution in [0.2, 0.25) is 0 Å². The Morgan fingerprint density at radius 1 is 1.32 bits per heavy atom. The monoisotopic (exact) mass is 290 g/mol. The number of amidine groups is 1. The van der Waals surface area contributed by atoms with Crippen LogP contribution in [0.3, 0.4) is 0 Å². The Bertz CT molecular complexity index is 352. The fraction of sp³-hybridized carbons (Fsp3) is 0.727. The molecule has 0 aliphatic carbocycles. The average Bonchev–Trinajstić information content (AvgIpc) is 2.25. The number of amides is 4. The molecule has 0 heterocycles. The number of hydrogen-bond donors (Lipinski definition) is 2. The van der Waals surface area contributed by atoms with Gasteiger partial charge in [0.2, 0.25) is 0 Å². The van der Waals surface area contributed by atoms with E-state index >= 15 is 0 Å². The summed E-state index contributed by atoms with van der Waals surface area (Å²) in [5, 5.41) is 7.62. The highest BCUT2D eigenvalue weighted by atomic mass is 32.2. The van der Waals surface area contributed by atoms with Crippen LogP contribution < -0.4 is 4.72 Å². The van der Waals surface area contributed by atoms with Gasteiger partial charge < -0.3 is 9.64 Å². The van der Waals surface area contributed by atoms with Gasteiger partial charge in [0.1, 0.15) is 0 Å². The number of rotatable bonds is 2. The molecule has 0 aromatic heterocycles. The Labute approximate surface area is 118 Å². The molecule has 0 fully saturated rings. The van der Waals surface area contributed by atoms with Gasteiger partial charge in [-0.25, -0.2) is 9.59 Å². The molecule has 0 aliphatic rings. The van der Waals surface area contributed by atoms with Gasteiger partial charge >= 0.3 is 18.1 Å². The van der Waals surface area contributed by atoms with Crippen molar-refractivity contribution in [3.63, 3.8) is 0 Å². The van der Waals surface area contributed by atoms with Crippen LogP contribution in [-0.2, 0) is 4.74 Å². The largest absolute Gasteiger partial charge is 0.465 e. The van der Waals surface area contributed by atoms with E-state index in [-0.39, 0.29) is 11.4 Å². The van der Waals surface area contributed by atoms with Crippen LogP contribution in [0, 0.1) is 5.41 Å². The maximum atomic E-state index is 12.0. The van der Waals surface area contributed by atoms with Gasteiger partial charge in [-0.3, -0.25) is 10.1 Å². The molecule has 0 unspecified atom stereocenters. The second-order valence-corrected chi connectivity index (χ2v) is 6.51. The van der Waals surface area contributed by atoms with Crippen LogP contribution in [0.1, 0.15) is 27.7 Å². The molecule has 0 radical (unpaired) electrons. The third-order valence-corrected chi connectivity index (χ3v) is 2.59. The topological polar surface area (TPSA) is 85.7 Å². The average molecular weight is 290 g/mol. The van der Waals surface area contributed by atoms with Gasteiger partial charge in [-0.15, -0.1) is 0 Å². The summed E-state index contributed by atoms with van der Waals surface area (Å²) in [6.07, 6.45) is 0. The quantitative estimate of drug-likeness (QED) is 0.463. The lowest BCUT2D eigenvalue weighted by Crippen LogP contribution is -2.50. The number of hydrogen-bond acceptors (Lipinski definition) is 5. The third-order valence-electron chi connectivity index (χ3n) is 1.71. The molecule has 0 aromatic rings. The molecule has 0 spiro atoms. The number of nitrogens with one attached hydrogen (secondary N) is 2. The highest BCUT2D eigenvalue weighted by Crippen LogP contribution is 2.19. The molecule has 0 atom stereocenters. The van der Waals surface area contributed by atoms with Gasteiger partial charge in [-0.2, -0.15) is 4.90 Å². The lowest BCUT2D eigenvalue weighted by Gasteiger charge is -2.25. The number of urea groups is 2. The van der Waals surface area contributed by atoms with E-state index in [9.17, 15) is 9.59 Å². The molecule has 0 aliphatic heterocycles. The Morgan fingerprint density at radius 3 is 2.21 bits per heavy atom. The number of imide groups is 1. The van der Waals surface area contributed by atoms with Crippen LogP contribution in [-0.4, -0.2) is 53.3 Å². The second kappa shape index (κ2) is 7.22. The van der Waals surface area contributed by atoms with Crippen molar-refractivity contribution in [3.05, 3.63) is 0 Å². The summed E-state index contributed by atoms with van der Waals surface area (Å²) in [5.74, 6) is 0. The normalized spacial score (nSPS) is 10.6. The number of nitrogens with zero attached hydrogens (tertiary/aromatic N) is 2. The van der Waals surface area contributed by atoms with Crippen LogP contribution >= 0.6 is 11.9 Å². The summed E-state index contributed by atoms with van der Waals surface area (Å²) in [7, 11) is 3.00. The first-order valence-corrected chi connectivity index (χ1v) is 6.62. The molecule has 0 rings (SSSR count). The smallest absolute Gasteiger partial charge is 0.343 e. The lowest BCUT2D eigenvalue weighted by molar-refractivity contribution is 0.175. The minimum atomic E-state index is -0.697. The van der Waals surface area contributed by atoms with Crippen molar-refractivity contribution in [1.82, 2.24) is 14.5 Å². The zero-order valence-corrected chi connectivity index (χ0v) is 13.1. The van der Waals surface area contributed by atoms with Crippen molar-refractivity contribution in [2.45, 2.75) is 32.4 Å². The van der Waals surface area contributed by atoms with Crippen LogP contribution in [0.4, 0.5) is 9.59 Å². The highest BCUT2D eigenvalue weighted by Gasteiger charge is 2.29. The van der Waals surface area contributed by atoms with E-state index in [1.165, 1.54) is 30.9 Å². The first-order valence-electron chi connectivity index (χ1n) is 5.81. The Hall–Kier alpha value is -1.44. The van der Waals surface area contributed by atoms with E-state index in [0.29, 0.717) is 4.90 Å². The van der Waals surface area contributed by atoms with Gasteiger partial charge in [-0.05, 0) is 39.6 Å². The van der Waals surface area contributed by atoms with E-state index < -0.39 is 18.1 Å². The third kappa shape index (κ3) is 6.32. The Balaban J connectivity index is 4.88. The molecule has 0 saturated carbocycles. The van der Waals surface area contributed by atoms with Crippen molar-refractivity contribution in [1.29, 1.82) is 5.41 Å². The summed E-state index contributed by atoms with van der Waals surface area (Å²) in [5.41, 5.74) is 0. The zero-order valence-electron chi connectivity index (χ0n) is 12.2. The molecule has 2 N–H and O–H groups in total. The fourth-order valence-electron chi connectivity index (χ4n) is 0.910. The van der Waals surface area contributed by atoms with E-state index in [1.54, 1.807) is 6.92 Å². The van der Waals surface area contributed by atoms with Crippen molar-refractivity contribution in [2.75, 3.05) is 20.7 Å². The van der Waals surface area contributed by atoms with Crippen LogP contribution in [0.5, 0.6) is 0 Å². The minimum absolute atomic E-state index is 0.198. The summed E-state index contributed by atoms with van der Waals surface area (Å²) in [4.78, 5) is 25.7. The number of ether oxygens (including phenoxy) is 1. The van der Waals surface area contributed by atoms with Gasteiger partial charge in [0, 0.05) is 18.8 Å².